The normalized spacial score (nSPS) is 42.3. The fourth-order valence-electron chi connectivity index (χ4n) is 14.1. The van der Waals surface area contributed by atoms with Gasteiger partial charge in [-0.15, -0.1) is 0 Å². The summed E-state index contributed by atoms with van der Waals surface area (Å²) in [5.41, 5.74) is 4.42. The zero-order valence-electron chi connectivity index (χ0n) is 31.4. The molecule has 1 aromatic rings. The molecule has 5 nitrogen and oxygen atoms in total. The van der Waals surface area contributed by atoms with E-state index in [2.05, 4.69) is 76.9 Å². The van der Waals surface area contributed by atoms with E-state index in [1.165, 1.54) is 75.5 Å². The van der Waals surface area contributed by atoms with E-state index >= 15 is 0 Å². The van der Waals surface area contributed by atoms with Gasteiger partial charge in [0, 0.05) is 18.6 Å². The van der Waals surface area contributed by atoms with Gasteiger partial charge < -0.3 is 15.2 Å². The first kappa shape index (κ1) is 34.7. The van der Waals surface area contributed by atoms with Crippen molar-refractivity contribution in [2.45, 2.75) is 118 Å². The van der Waals surface area contributed by atoms with Crippen LogP contribution in [-0.4, -0.2) is 60.9 Å². The second-order valence-electron chi connectivity index (χ2n) is 19.0. The monoisotopic (exact) mass is 659 g/mol. The maximum atomic E-state index is 11.6. The number of carbonyl (C=O) groups is 1. The number of allylic oxidation sites excluding steroid dienone is 2. The average molecular weight is 659 g/mol. The number of fused-ring (bicyclic) bond motifs is 7. The van der Waals surface area contributed by atoms with Crippen molar-refractivity contribution in [3.05, 3.63) is 41.5 Å². The summed E-state index contributed by atoms with van der Waals surface area (Å²) in [4.78, 5) is 14.2. The van der Waals surface area contributed by atoms with Crippen molar-refractivity contribution in [2.24, 2.45) is 57.2 Å². The zero-order chi connectivity index (χ0) is 34.1. The second kappa shape index (κ2) is 12.5. The zero-order valence-corrected chi connectivity index (χ0v) is 31.4. The first-order chi connectivity index (χ1) is 22.8. The predicted molar refractivity (Wildman–Crippen MR) is 196 cm³/mol. The molecule has 1 aromatic carbocycles. The van der Waals surface area contributed by atoms with Gasteiger partial charge in [0.1, 0.15) is 0 Å². The molecule has 3 unspecified atom stereocenters. The van der Waals surface area contributed by atoms with Gasteiger partial charge in [-0.1, -0.05) is 66.7 Å². The summed E-state index contributed by atoms with van der Waals surface area (Å²) in [7, 11) is 0. The van der Waals surface area contributed by atoms with Gasteiger partial charge in [-0.05, 0) is 158 Å². The molecule has 0 aromatic heterocycles. The molecule has 5 heteroatoms. The topological polar surface area (TPSA) is 61.8 Å². The molecule has 48 heavy (non-hydrogen) atoms. The number of nitrogens with one attached hydrogen (secondary N) is 1. The van der Waals surface area contributed by atoms with Crippen LogP contribution in [0.3, 0.4) is 0 Å². The Morgan fingerprint density at radius 2 is 1.65 bits per heavy atom. The van der Waals surface area contributed by atoms with Gasteiger partial charge in [0.05, 0.1) is 18.8 Å². The highest BCUT2D eigenvalue weighted by Gasteiger charge is 2.70. The molecule has 9 atom stereocenters. The molecule has 1 aliphatic heterocycles. The Hall–Kier alpha value is -1.69. The van der Waals surface area contributed by atoms with Crippen molar-refractivity contribution in [3.8, 4) is 0 Å². The Labute approximate surface area is 292 Å². The van der Waals surface area contributed by atoms with Crippen LogP contribution in [0.5, 0.6) is 0 Å². The first-order valence-corrected chi connectivity index (χ1v) is 19.9. The van der Waals surface area contributed by atoms with Crippen LogP contribution in [-0.2, 0) is 4.74 Å². The number of carboxylic acids is 1. The number of carboxylic acid groups (broad SMARTS) is 1. The fraction of sp³-hybridized carbons (Fsp3) is 0.791. The number of rotatable bonds is 8. The molecule has 0 spiro atoms. The molecule has 6 aliphatic rings. The molecule has 0 bridgehead atoms. The lowest BCUT2D eigenvalue weighted by atomic mass is 9.33. The minimum absolute atomic E-state index is 0.0534. The number of morpholine rings is 1. The van der Waals surface area contributed by atoms with Gasteiger partial charge in [-0.2, -0.15) is 0 Å². The Balaban J connectivity index is 1.14. The molecule has 5 aliphatic carbocycles. The predicted octanol–water partition coefficient (Wildman–Crippen LogP) is 9.18. The average Bonchev–Trinajstić information content (AvgIpc) is 3.44. The number of benzene rings is 1. The van der Waals surface area contributed by atoms with E-state index in [1.807, 2.05) is 0 Å². The first-order valence-electron chi connectivity index (χ1n) is 19.9. The largest absolute Gasteiger partial charge is 0.478 e. The van der Waals surface area contributed by atoms with Crippen molar-refractivity contribution in [3.63, 3.8) is 0 Å². The number of nitrogens with zero attached hydrogens (tertiary/aromatic N) is 1. The molecular formula is C43H66N2O3. The number of hydrogen-bond donors (Lipinski definition) is 2. The van der Waals surface area contributed by atoms with Crippen molar-refractivity contribution in [2.75, 3.05) is 39.4 Å². The number of hydrogen-bond acceptors (Lipinski definition) is 4. The standard InChI is InChI=1S/C43H66N2O3/c1-29(2)32-15-20-43(44-23-8-24-45-25-27-48-28-26-45)22-21-41(6)34(37(32)43)13-14-36-40(5)18-16-33(30-9-11-31(12-10-30)38(46)47)39(3,4)35(40)17-19-42(36,41)7/h9-12,16,29,32,34-37,44H,8,13-15,17-28H2,1-7H3,(H,46,47)/t32-,34+,35?,36?,37?,40-,41+,42+,43-/m0/s1. The van der Waals surface area contributed by atoms with E-state index in [9.17, 15) is 9.90 Å². The lowest BCUT2D eigenvalue weighted by molar-refractivity contribution is -0.221. The van der Waals surface area contributed by atoms with Crippen molar-refractivity contribution >= 4 is 11.5 Å². The van der Waals surface area contributed by atoms with Crippen molar-refractivity contribution in [1.29, 1.82) is 0 Å². The summed E-state index contributed by atoms with van der Waals surface area (Å²) in [6.45, 7) is 24.6. The van der Waals surface area contributed by atoms with Gasteiger partial charge in [0.25, 0.3) is 0 Å². The summed E-state index contributed by atoms with van der Waals surface area (Å²) in [5, 5.41) is 13.8. The van der Waals surface area contributed by atoms with Crippen LogP contribution >= 0.6 is 0 Å². The second-order valence-corrected chi connectivity index (χ2v) is 19.0. The molecule has 5 fully saturated rings. The van der Waals surface area contributed by atoms with E-state index in [4.69, 9.17) is 4.74 Å². The third-order valence-corrected chi connectivity index (χ3v) is 16.6. The maximum absolute atomic E-state index is 11.6. The quantitative estimate of drug-likeness (QED) is 0.273. The highest BCUT2D eigenvalue weighted by molar-refractivity contribution is 5.88. The highest BCUT2D eigenvalue weighted by Crippen LogP contribution is 2.76. The van der Waals surface area contributed by atoms with Gasteiger partial charge in [0.2, 0.25) is 0 Å². The Bertz CT molecular complexity index is 1380. The SMILES string of the molecule is CC(C)[C@@H]1CC[C@]2(NCCCN3CCOCC3)CC[C@]3(C)[C@H](CCC4[C@@]5(C)CC=C(c6ccc(C(=O)O)cc6)C(C)(C)C5CC[C@]43C)C12. The summed E-state index contributed by atoms with van der Waals surface area (Å²) in [6, 6.07) is 7.68. The van der Waals surface area contributed by atoms with Gasteiger partial charge in [-0.3, -0.25) is 4.90 Å². The highest BCUT2D eigenvalue weighted by atomic mass is 16.5. The molecule has 1 heterocycles. The molecule has 266 valence electrons. The lowest BCUT2D eigenvalue weighted by Crippen LogP contribution is -2.68. The van der Waals surface area contributed by atoms with Gasteiger partial charge in [-0.25, -0.2) is 4.79 Å². The van der Waals surface area contributed by atoms with E-state index in [-0.39, 0.29) is 10.8 Å². The smallest absolute Gasteiger partial charge is 0.335 e. The maximum Gasteiger partial charge on any atom is 0.335 e. The third kappa shape index (κ3) is 5.29. The van der Waals surface area contributed by atoms with E-state index < -0.39 is 5.97 Å². The summed E-state index contributed by atoms with van der Waals surface area (Å²) in [5.74, 6) is 3.71. The van der Waals surface area contributed by atoms with Crippen molar-refractivity contribution in [1.82, 2.24) is 10.2 Å². The van der Waals surface area contributed by atoms with E-state index in [1.54, 1.807) is 12.1 Å². The minimum atomic E-state index is -0.849. The van der Waals surface area contributed by atoms with Gasteiger partial charge >= 0.3 is 5.97 Å². The molecule has 2 N–H and O–H groups in total. The molecular weight excluding hydrogens is 592 g/mol. The molecule has 0 radical (unpaired) electrons. The fourth-order valence-corrected chi connectivity index (χ4v) is 14.1. The Morgan fingerprint density at radius 3 is 2.33 bits per heavy atom. The Morgan fingerprint density at radius 1 is 0.917 bits per heavy atom. The molecule has 4 saturated carbocycles. The summed E-state index contributed by atoms with van der Waals surface area (Å²) < 4.78 is 5.60. The van der Waals surface area contributed by atoms with Crippen molar-refractivity contribution < 1.29 is 14.6 Å². The van der Waals surface area contributed by atoms with Gasteiger partial charge in [0.15, 0.2) is 0 Å². The van der Waals surface area contributed by atoms with Crippen LogP contribution in [0.1, 0.15) is 129 Å². The van der Waals surface area contributed by atoms with Crippen LogP contribution < -0.4 is 5.32 Å². The molecule has 0 amide bonds. The number of aromatic carboxylic acids is 1. The third-order valence-electron chi connectivity index (χ3n) is 16.6. The van der Waals surface area contributed by atoms with E-state index in [0.29, 0.717) is 27.9 Å². The van der Waals surface area contributed by atoms with Crippen LogP contribution in [0.4, 0.5) is 0 Å². The summed E-state index contributed by atoms with van der Waals surface area (Å²) in [6.07, 6.45) is 15.9. The number of ether oxygens (including phenoxy) is 1. The van der Waals surface area contributed by atoms with Crippen LogP contribution in [0, 0.1) is 57.2 Å². The van der Waals surface area contributed by atoms with Crippen LogP contribution in [0.2, 0.25) is 0 Å². The summed E-state index contributed by atoms with van der Waals surface area (Å²) >= 11 is 0. The lowest BCUT2D eigenvalue weighted by Gasteiger charge is -2.72. The minimum Gasteiger partial charge on any atom is -0.478 e. The molecule has 1 saturated heterocycles. The van der Waals surface area contributed by atoms with Crippen LogP contribution in [0.25, 0.3) is 5.57 Å². The Kier molecular flexibility index (Phi) is 9.06. The van der Waals surface area contributed by atoms with Crippen LogP contribution in [0.15, 0.2) is 30.3 Å². The molecule has 7 rings (SSSR count). The van der Waals surface area contributed by atoms with E-state index in [0.717, 1.165) is 68.9 Å².